The highest BCUT2D eigenvalue weighted by atomic mass is 32.2. The minimum absolute atomic E-state index is 0.265. The zero-order valence-electron chi connectivity index (χ0n) is 19.5. The Morgan fingerprint density at radius 2 is 1.76 bits per heavy atom. The Hall–Kier alpha value is -2.52. The molecular formula is C25H30F2N2O4S. The summed E-state index contributed by atoms with van der Waals surface area (Å²) in [5.41, 5.74) is 1.57. The topological polar surface area (TPSA) is 75.7 Å². The summed E-state index contributed by atoms with van der Waals surface area (Å²) >= 11 is 0. The number of nitrogens with zero attached hydrogens (tertiary/aromatic N) is 1. The average Bonchev–Trinajstić information content (AvgIpc) is 3.49. The van der Waals surface area contributed by atoms with E-state index in [4.69, 9.17) is 4.74 Å². The number of carbonyl (C=O) groups excluding carboxylic acids is 1. The molecule has 1 N–H and O–H groups in total. The van der Waals surface area contributed by atoms with Gasteiger partial charge in [-0.05, 0) is 56.7 Å². The van der Waals surface area contributed by atoms with Crippen LogP contribution in [-0.4, -0.2) is 49.4 Å². The molecule has 0 radical (unpaired) electrons. The smallest absolute Gasteiger partial charge is 0.410 e. The number of amides is 1. The summed E-state index contributed by atoms with van der Waals surface area (Å²) < 4.78 is 58.6. The van der Waals surface area contributed by atoms with Crippen molar-refractivity contribution >= 4 is 16.1 Å². The van der Waals surface area contributed by atoms with Crippen LogP contribution in [0.25, 0.3) is 11.1 Å². The fourth-order valence-electron chi connectivity index (χ4n) is 4.70. The Morgan fingerprint density at radius 1 is 1.12 bits per heavy atom. The first-order chi connectivity index (χ1) is 15.9. The highest BCUT2D eigenvalue weighted by Crippen LogP contribution is 2.56. The van der Waals surface area contributed by atoms with Crippen LogP contribution in [0.1, 0.15) is 39.2 Å². The number of ether oxygens (including phenoxy) is 1. The molecular weight excluding hydrogens is 462 g/mol. The maximum Gasteiger partial charge on any atom is 0.410 e. The molecule has 2 fully saturated rings. The van der Waals surface area contributed by atoms with Gasteiger partial charge in [-0.1, -0.05) is 54.6 Å². The highest BCUT2D eigenvalue weighted by Gasteiger charge is 2.62. The first-order valence-corrected chi connectivity index (χ1v) is 12.9. The van der Waals surface area contributed by atoms with Gasteiger partial charge < -0.3 is 9.64 Å². The second-order valence-electron chi connectivity index (χ2n) is 10.2. The highest BCUT2D eigenvalue weighted by molar-refractivity contribution is 7.89. The van der Waals surface area contributed by atoms with Crippen molar-refractivity contribution in [1.29, 1.82) is 0 Å². The lowest BCUT2D eigenvalue weighted by molar-refractivity contribution is 0.0214. The molecule has 4 rings (SSSR count). The zero-order chi connectivity index (χ0) is 24.7. The number of carbonyl (C=O) groups is 1. The van der Waals surface area contributed by atoms with Gasteiger partial charge in [0.05, 0.1) is 12.1 Å². The fraction of sp³-hybridized carbons (Fsp3) is 0.480. The third kappa shape index (κ3) is 5.25. The van der Waals surface area contributed by atoms with E-state index in [9.17, 15) is 22.0 Å². The van der Waals surface area contributed by atoms with Crippen molar-refractivity contribution in [3.05, 3.63) is 60.2 Å². The molecule has 0 bridgehead atoms. The molecule has 2 aliphatic rings. The van der Waals surface area contributed by atoms with Gasteiger partial charge in [0, 0.05) is 12.0 Å². The molecule has 9 heteroatoms. The van der Waals surface area contributed by atoms with E-state index in [1.165, 1.54) is 4.90 Å². The fourth-order valence-corrected chi connectivity index (χ4v) is 5.57. The van der Waals surface area contributed by atoms with Crippen LogP contribution in [0.2, 0.25) is 0 Å². The maximum atomic E-state index is 13.3. The molecule has 1 amide bonds. The van der Waals surface area contributed by atoms with E-state index < -0.39 is 45.0 Å². The standard InChI is InChI=1S/C25H30F2N2O4S/c1-24(2,3)33-23(30)29-16-25(12-13-25)21(28-34(31,32)22(26)27)20(29)15-17-8-7-11-19(14-17)18-9-5-4-6-10-18/h4-11,14,20-22,28H,12-13,15-16H2,1-3H3/t20-,21+/m0/s1. The summed E-state index contributed by atoms with van der Waals surface area (Å²) in [6, 6.07) is 16.1. The Morgan fingerprint density at radius 3 is 2.35 bits per heavy atom. The van der Waals surface area contributed by atoms with E-state index in [-0.39, 0.29) is 6.54 Å². The minimum atomic E-state index is -4.84. The van der Waals surface area contributed by atoms with Gasteiger partial charge in [0.1, 0.15) is 5.60 Å². The predicted molar refractivity (Wildman–Crippen MR) is 126 cm³/mol. The van der Waals surface area contributed by atoms with E-state index in [1.807, 2.05) is 54.6 Å². The van der Waals surface area contributed by atoms with E-state index in [0.29, 0.717) is 19.3 Å². The summed E-state index contributed by atoms with van der Waals surface area (Å²) in [7, 11) is -4.84. The molecule has 0 unspecified atom stereocenters. The molecule has 1 spiro atoms. The lowest BCUT2D eigenvalue weighted by atomic mass is 9.92. The van der Waals surface area contributed by atoms with Gasteiger partial charge in [-0.2, -0.15) is 8.78 Å². The minimum Gasteiger partial charge on any atom is -0.444 e. The summed E-state index contributed by atoms with van der Waals surface area (Å²) in [6.07, 6.45) is 1.05. The molecule has 1 saturated carbocycles. The SMILES string of the molecule is CC(C)(C)OC(=O)N1CC2(CC2)[C@H](NS(=O)(=O)C(F)F)[C@@H]1Cc1cccc(-c2ccccc2)c1. The van der Waals surface area contributed by atoms with Crippen molar-refractivity contribution in [2.24, 2.45) is 5.41 Å². The number of likely N-dealkylation sites (tertiary alicyclic amines) is 1. The van der Waals surface area contributed by atoms with Crippen molar-refractivity contribution in [3.63, 3.8) is 0 Å². The van der Waals surface area contributed by atoms with Crippen molar-refractivity contribution in [2.75, 3.05) is 6.54 Å². The van der Waals surface area contributed by atoms with Gasteiger partial charge in [0.15, 0.2) is 0 Å². The molecule has 34 heavy (non-hydrogen) atoms. The molecule has 1 saturated heterocycles. The number of benzene rings is 2. The largest absolute Gasteiger partial charge is 0.444 e. The van der Waals surface area contributed by atoms with Crippen LogP contribution in [0.5, 0.6) is 0 Å². The van der Waals surface area contributed by atoms with E-state index in [1.54, 1.807) is 20.8 Å². The number of halogens is 2. The second-order valence-corrected chi connectivity index (χ2v) is 11.9. The Kier molecular flexibility index (Phi) is 6.46. The van der Waals surface area contributed by atoms with Crippen LogP contribution >= 0.6 is 0 Å². The zero-order valence-corrected chi connectivity index (χ0v) is 20.3. The number of sulfonamides is 1. The average molecular weight is 493 g/mol. The number of rotatable bonds is 6. The Bertz CT molecular complexity index is 1150. The van der Waals surface area contributed by atoms with Crippen molar-refractivity contribution in [3.8, 4) is 11.1 Å². The third-order valence-corrected chi connectivity index (χ3v) is 7.51. The quantitative estimate of drug-likeness (QED) is 0.628. The first-order valence-electron chi connectivity index (χ1n) is 11.3. The van der Waals surface area contributed by atoms with Crippen LogP contribution in [0, 0.1) is 5.41 Å². The molecule has 2 aromatic rings. The lowest BCUT2D eigenvalue weighted by Gasteiger charge is -2.31. The number of hydrogen-bond donors (Lipinski definition) is 1. The molecule has 2 atom stereocenters. The van der Waals surface area contributed by atoms with Crippen LogP contribution in [0.15, 0.2) is 54.6 Å². The van der Waals surface area contributed by atoms with Crippen molar-refractivity contribution < 1.29 is 26.7 Å². The summed E-state index contributed by atoms with van der Waals surface area (Å²) in [4.78, 5) is 14.6. The molecule has 1 heterocycles. The van der Waals surface area contributed by atoms with Gasteiger partial charge in [-0.3, -0.25) is 0 Å². The van der Waals surface area contributed by atoms with Gasteiger partial charge in [0.25, 0.3) is 10.0 Å². The molecule has 184 valence electrons. The van der Waals surface area contributed by atoms with E-state index in [2.05, 4.69) is 4.72 Å². The molecule has 6 nitrogen and oxygen atoms in total. The first kappa shape index (κ1) is 24.6. The number of hydrogen-bond acceptors (Lipinski definition) is 4. The van der Waals surface area contributed by atoms with Crippen LogP contribution in [-0.2, 0) is 21.2 Å². The van der Waals surface area contributed by atoms with Gasteiger partial charge in [-0.25, -0.2) is 17.9 Å². The molecule has 1 aliphatic carbocycles. The second kappa shape index (κ2) is 8.92. The normalized spacial score (nSPS) is 21.8. The van der Waals surface area contributed by atoms with Crippen LogP contribution < -0.4 is 4.72 Å². The number of nitrogens with one attached hydrogen (secondary N) is 1. The van der Waals surface area contributed by atoms with Crippen LogP contribution in [0.4, 0.5) is 13.6 Å². The number of alkyl halides is 2. The van der Waals surface area contributed by atoms with E-state index >= 15 is 0 Å². The summed E-state index contributed by atoms with van der Waals surface area (Å²) in [5.74, 6) is -3.54. The van der Waals surface area contributed by atoms with Crippen LogP contribution in [0.3, 0.4) is 0 Å². The monoisotopic (exact) mass is 492 g/mol. The van der Waals surface area contributed by atoms with Gasteiger partial charge in [0.2, 0.25) is 0 Å². The molecule has 1 aliphatic heterocycles. The van der Waals surface area contributed by atoms with Gasteiger partial charge in [-0.15, -0.1) is 0 Å². The Labute approximate surface area is 199 Å². The summed E-state index contributed by atoms with van der Waals surface area (Å²) in [5, 5.41) is 0. The molecule has 0 aromatic heterocycles. The Balaban J connectivity index is 1.68. The lowest BCUT2D eigenvalue weighted by Crippen LogP contribution is -2.51. The van der Waals surface area contributed by atoms with E-state index in [0.717, 1.165) is 16.7 Å². The van der Waals surface area contributed by atoms with Gasteiger partial charge >= 0.3 is 11.9 Å². The molecule has 2 aromatic carbocycles. The predicted octanol–water partition coefficient (Wildman–Crippen LogP) is 4.81. The maximum absolute atomic E-state index is 13.3. The van der Waals surface area contributed by atoms with Crippen molar-refractivity contribution in [1.82, 2.24) is 9.62 Å². The van der Waals surface area contributed by atoms with Crippen molar-refractivity contribution in [2.45, 2.75) is 63.5 Å². The summed E-state index contributed by atoms with van der Waals surface area (Å²) in [6.45, 7) is 5.52. The third-order valence-electron chi connectivity index (χ3n) is 6.46.